The summed E-state index contributed by atoms with van der Waals surface area (Å²) in [5.74, 6) is 0.504. The van der Waals surface area contributed by atoms with Crippen molar-refractivity contribution in [1.82, 2.24) is 4.98 Å². The van der Waals surface area contributed by atoms with Gasteiger partial charge in [-0.15, -0.1) is 0 Å². The molecule has 0 aromatic carbocycles. The lowest BCUT2D eigenvalue weighted by atomic mass is 9.98. The van der Waals surface area contributed by atoms with Gasteiger partial charge in [0.1, 0.15) is 6.10 Å². The molecule has 1 aliphatic rings. The van der Waals surface area contributed by atoms with Gasteiger partial charge >= 0.3 is 0 Å². The molecule has 3 nitrogen and oxygen atoms in total. The van der Waals surface area contributed by atoms with Crippen molar-refractivity contribution < 1.29 is 9.53 Å². The number of Topliss-reactive ketones (excluding diaryl/α,β-unsaturated/α-hetero) is 1. The first-order chi connectivity index (χ1) is 8.20. The van der Waals surface area contributed by atoms with Gasteiger partial charge in [0.25, 0.3) is 0 Å². The van der Waals surface area contributed by atoms with Crippen molar-refractivity contribution in [2.75, 3.05) is 6.61 Å². The molecule has 92 valence electrons. The van der Waals surface area contributed by atoms with Crippen LogP contribution in [0, 0.1) is 5.92 Å². The van der Waals surface area contributed by atoms with E-state index in [0.717, 1.165) is 18.5 Å². The van der Waals surface area contributed by atoms with Gasteiger partial charge in [-0.25, -0.2) is 0 Å². The van der Waals surface area contributed by atoms with Crippen molar-refractivity contribution in [2.24, 2.45) is 5.92 Å². The van der Waals surface area contributed by atoms with Gasteiger partial charge in [0.2, 0.25) is 0 Å². The van der Waals surface area contributed by atoms with Gasteiger partial charge in [-0.1, -0.05) is 19.9 Å². The fraction of sp³-hybridized carbons (Fsp3) is 0.571. The van der Waals surface area contributed by atoms with Gasteiger partial charge in [0.15, 0.2) is 5.78 Å². The quantitative estimate of drug-likeness (QED) is 0.800. The van der Waals surface area contributed by atoms with E-state index in [2.05, 4.69) is 18.8 Å². The summed E-state index contributed by atoms with van der Waals surface area (Å²) >= 11 is 0. The molecule has 0 radical (unpaired) electrons. The van der Waals surface area contributed by atoms with E-state index in [4.69, 9.17) is 4.74 Å². The lowest BCUT2D eigenvalue weighted by Crippen LogP contribution is -2.27. The van der Waals surface area contributed by atoms with Crippen molar-refractivity contribution in [3.63, 3.8) is 0 Å². The Kier molecular flexibility index (Phi) is 3.89. The van der Waals surface area contributed by atoms with E-state index in [9.17, 15) is 4.79 Å². The molecule has 0 spiro atoms. The highest BCUT2D eigenvalue weighted by atomic mass is 16.5. The van der Waals surface area contributed by atoms with Gasteiger partial charge in [0, 0.05) is 18.5 Å². The molecular formula is C14H19NO2. The summed E-state index contributed by atoms with van der Waals surface area (Å²) in [4.78, 5) is 16.3. The Morgan fingerprint density at radius 3 is 2.88 bits per heavy atom. The van der Waals surface area contributed by atoms with E-state index in [1.807, 2.05) is 18.3 Å². The number of nitrogens with zero attached hydrogens (tertiary/aromatic N) is 1. The summed E-state index contributed by atoms with van der Waals surface area (Å²) in [7, 11) is 0. The molecule has 1 fully saturated rings. The molecule has 0 amide bonds. The number of rotatable bonds is 4. The van der Waals surface area contributed by atoms with Crippen LogP contribution in [0.4, 0.5) is 0 Å². The van der Waals surface area contributed by atoms with Crippen molar-refractivity contribution in [1.29, 1.82) is 0 Å². The van der Waals surface area contributed by atoms with Crippen LogP contribution in [0.2, 0.25) is 0 Å². The number of ether oxygens (including phenoxy) is 1. The summed E-state index contributed by atoms with van der Waals surface area (Å²) in [5, 5.41) is 0. The minimum Gasteiger partial charge on any atom is -0.370 e. The number of pyridine rings is 1. The topological polar surface area (TPSA) is 39.2 Å². The molecule has 2 heterocycles. The van der Waals surface area contributed by atoms with Crippen LogP contribution in [-0.4, -0.2) is 23.5 Å². The first-order valence-corrected chi connectivity index (χ1v) is 6.29. The molecule has 0 aliphatic carbocycles. The van der Waals surface area contributed by atoms with Crippen LogP contribution in [0.3, 0.4) is 0 Å². The van der Waals surface area contributed by atoms with E-state index in [-0.39, 0.29) is 11.9 Å². The number of hydrogen-bond donors (Lipinski definition) is 0. The number of aromatic nitrogens is 1. The Morgan fingerprint density at radius 2 is 2.35 bits per heavy atom. The van der Waals surface area contributed by atoms with Crippen LogP contribution in [0.5, 0.6) is 0 Å². The van der Waals surface area contributed by atoms with Crippen LogP contribution in [0.15, 0.2) is 18.3 Å². The third-order valence-corrected chi connectivity index (χ3v) is 3.35. The monoisotopic (exact) mass is 233 g/mol. The van der Waals surface area contributed by atoms with Crippen molar-refractivity contribution in [3.8, 4) is 0 Å². The summed E-state index contributed by atoms with van der Waals surface area (Å²) in [6.45, 7) is 4.87. The molecule has 1 aromatic rings. The molecule has 0 saturated carbocycles. The Hall–Kier alpha value is -1.22. The van der Waals surface area contributed by atoms with Crippen LogP contribution in [-0.2, 0) is 22.4 Å². The Balaban J connectivity index is 1.97. The lowest BCUT2D eigenvalue weighted by molar-refractivity contribution is -0.128. The summed E-state index contributed by atoms with van der Waals surface area (Å²) in [5.41, 5.74) is 2.04. The predicted octanol–water partition coefficient (Wildman–Crippen LogP) is 2.18. The highest BCUT2D eigenvalue weighted by Crippen LogP contribution is 2.21. The van der Waals surface area contributed by atoms with E-state index in [0.29, 0.717) is 18.9 Å². The standard InChI is InChI=1S/C14H19NO2/c1-3-11-4-5-12(15-9-11)8-13(16)14-10(2)6-7-17-14/h4-5,9-10,14H,3,6-8H2,1-2H3. The molecule has 1 aliphatic heterocycles. The van der Waals surface area contributed by atoms with Gasteiger partial charge in [-0.2, -0.15) is 0 Å². The molecular weight excluding hydrogens is 214 g/mol. The molecule has 3 heteroatoms. The van der Waals surface area contributed by atoms with E-state index < -0.39 is 0 Å². The number of carbonyl (C=O) groups excluding carboxylic acids is 1. The van der Waals surface area contributed by atoms with E-state index >= 15 is 0 Å². The number of carbonyl (C=O) groups is 1. The van der Waals surface area contributed by atoms with Crippen molar-refractivity contribution in [3.05, 3.63) is 29.6 Å². The van der Waals surface area contributed by atoms with Crippen LogP contribution in [0.1, 0.15) is 31.5 Å². The molecule has 17 heavy (non-hydrogen) atoms. The second-order valence-corrected chi connectivity index (χ2v) is 4.71. The predicted molar refractivity (Wildman–Crippen MR) is 65.8 cm³/mol. The fourth-order valence-corrected chi connectivity index (χ4v) is 2.15. The minimum absolute atomic E-state index is 0.159. The van der Waals surface area contributed by atoms with Gasteiger partial charge in [0.05, 0.1) is 6.42 Å². The van der Waals surface area contributed by atoms with Crippen LogP contribution < -0.4 is 0 Å². The Bertz CT molecular complexity index is 386. The highest BCUT2D eigenvalue weighted by Gasteiger charge is 2.30. The SMILES string of the molecule is CCc1ccc(CC(=O)C2OCCC2C)nc1. The second kappa shape index (κ2) is 5.41. The molecule has 1 aromatic heterocycles. The number of ketones is 1. The number of aryl methyl sites for hydroxylation is 1. The molecule has 2 atom stereocenters. The largest absolute Gasteiger partial charge is 0.370 e. The molecule has 2 rings (SSSR count). The zero-order valence-electron chi connectivity index (χ0n) is 10.5. The zero-order valence-corrected chi connectivity index (χ0v) is 10.5. The van der Waals surface area contributed by atoms with Crippen LogP contribution >= 0.6 is 0 Å². The maximum Gasteiger partial charge on any atom is 0.167 e. The molecule has 1 saturated heterocycles. The zero-order chi connectivity index (χ0) is 12.3. The maximum atomic E-state index is 12.0. The Labute approximate surface area is 102 Å². The van der Waals surface area contributed by atoms with E-state index in [1.54, 1.807) is 0 Å². The third-order valence-electron chi connectivity index (χ3n) is 3.35. The molecule has 0 N–H and O–H groups in total. The average Bonchev–Trinajstić information content (AvgIpc) is 2.76. The second-order valence-electron chi connectivity index (χ2n) is 4.71. The Morgan fingerprint density at radius 1 is 1.53 bits per heavy atom. The molecule has 0 bridgehead atoms. The smallest absolute Gasteiger partial charge is 0.167 e. The average molecular weight is 233 g/mol. The van der Waals surface area contributed by atoms with Gasteiger partial charge in [-0.05, 0) is 30.4 Å². The maximum absolute atomic E-state index is 12.0. The normalized spacial score (nSPS) is 23.9. The first kappa shape index (κ1) is 12.2. The first-order valence-electron chi connectivity index (χ1n) is 6.29. The summed E-state index contributed by atoms with van der Waals surface area (Å²) < 4.78 is 5.47. The van der Waals surface area contributed by atoms with Crippen molar-refractivity contribution >= 4 is 5.78 Å². The minimum atomic E-state index is -0.220. The number of hydrogen-bond acceptors (Lipinski definition) is 3. The summed E-state index contributed by atoms with van der Waals surface area (Å²) in [6, 6.07) is 3.98. The van der Waals surface area contributed by atoms with Gasteiger partial charge < -0.3 is 4.74 Å². The lowest BCUT2D eigenvalue weighted by Gasteiger charge is -2.12. The van der Waals surface area contributed by atoms with Gasteiger partial charge in [-0.3, -0.25) is 9.78 Å². The third kappa shape index (κ3) is 2.91. The highest BCUT2D eigenvalue weighted by molar-refractivity contribution is 5.85. The summed E-state index contributed by atoms with van der Waals surface area (Å²) in [6.07, 6.45) is 3.98. The molecule has 2 unspecified atom stereocenters. The van der Waals surface area contributed by atoms with Crippen LogP contribution in [0.25, 0.3) is 0 Å². The van der Waals surface area contributed by atoms with E-state index in [1.165, 1.54) is 5.56 Å². The fourth-order valence-electron chi connectivity index (χ4n) is 2.15. The van der Waals surface area contributed by atoms with Crippen molar-refractivity contribution in [2.45, 2.75) is 39.2 Å².